The largest absolute Gasteiger partial charge is 0.870 e. The van der Waals surface area contributed by atoms with Crippen LogP contribution in [0.25, 0.3) is 0 Å². The second-order valence-corrected chi connectivity index (χ2v) is 7.91. The first-order chi connectivity index (χ1) is 3.73. The molecule has 0 aromatic heterocycles. The van der Waals surface area contributed by atoms with E-state index >= 15 is 0 Å². The van der Waals surface area contributed by atoms with Crippen molar-refractivity contribution < 1.29 is 23.0 Å². The standard InChI is InChI=1S/Al.3ClH.H2O4S.H2O/c;;;;1-5(2,3)4;/h;3*1H;(H2,1,2,3,4);1H2/q+3;;;;;/p-6. The zero-order chi connectivity index (χ0) is 8.08. The quantitative estimate of drug-likeness (QED) is 0.344. The average Bonchev–Trinajstić information content (AvgIpc) is 1.19. The first kappa shape index (κ1) is 17.4. The van der Waals surface area contributed by atoms with Crippen molar-refractivity contribution in [2.24, 2.45) is 0 Å². The highest BCUT2D eigenvalue weighted by Crippen LogP contribution is 1.97. The van der Waals surface area contributed by atoms with Crippen LogP contribution in [0.3, 0.4) is 0 Å². The molecule has 10 heavy (non-hydrogen) atoms. The Morgan fingerprint density at radius 2 is 1.10 bits per heavy atom. The zero-order valence-corrected chi connectivity index (χ0v) is 8.44. The number of hydrogen-bond donors (Lipinski definition) is 0. The first-order valence-electron chi connectivity index (χ1n) is 1.32. The summed E-state index contributed by atoms with van der Waals surface area (Å²) in [5.41, 5.74) is 0. The summed E-state index contributed by atoms with van der Waals surface area (Å²) in [7, 11) is 9.67. The molecule has 10 heteroatoms. The van der Waals surface area contributed by atoms with Gasteiger partial charge in [0.15, 0.2) is 0 Å². The van der Waals surface area contributed by atoms with Gasteiger partial charge in [0.2, 0.25) is 0 Å². The summed E-state index contributed by atoms with van der Waals surface area (Å²) in [6, 6.07) is 0. The molecular formula is HAlCl3O5S-3. The van der Waals surface area contributed by atoms with Crippen LogP contribution >= 0.6 is 30.1 Å². The van der Waals surface area contributed by atoms with Crippen molar-refractivity contribution >= 4 is 51.9 Å². The molecule has 0 spiro atoms. The maximum Gasteiger partial charge on any atom is 0.643 e. The fourth-order valence-electron chi connectivity index (χ4n) is 0. The molecule has 0 aliphatic heterocycles. The molecule has 0 aromatic rings. The lowest BCUT2D eigenvalue weighted by Crippen LogP contribution is -1.91. The SMILES string of the molecule is O=S(=O)([O-])[O-].[Cl][Al]([Cl])[Cl].[OH-]. The van der Waals surface area contributed by atoms with E-state index in [0.29, 0.717) is 0 Å². The van der Waals surface area contributed by atoms with Gasteiger partial charge in [0.25, 0.3) is 0 Å². The van der Waals surface area contributed by atoms with Gasteiger partial charge in [-0.25, -0.2) is 30.1 Å². The summed E-state index contributed by atoms with van der Waals surface area (Å²) in [6.45, 7) is 0. The Hall–Kier alpha value is 1.23. The van der Waals surface area contributed by atoms with Gasteiger partial charge in [-0.05, 0) is 0 Å². The van der Waals surface area contributed by atoms with Crippen LogP contribution in [0.1, 0.15) is 0 Å². The van der Waals surface area contributed by atoms with Gasteiger partial charge in [-0.3, -0.25) is 8.42 Å². The van der Waals surface area contributed by atoms with E-state index in [9.17, 15) is 0 Å². The third-order valence-electron chi connectivity index (χ3n) is 0. The Bertz CT molecular complexity index is 128. The van der Waals surface area contributed by atoms with Crippen molar-refractivity contribution in [1.82, 2.24) is 0 Å². The van der Waals surface area contributed by atoms with Gasteiger partial charge in [-0.2, -0.15) is 0 Å². The second kappa shape index (κ2) is 8.33. The summed E-state index contributed by atoms with van der Waals surface area (Å²) < 4.78 is 34.1. The van der Waals surface area contributed by atoms with Crippen molar-refractivity contribution in [3.63, 3.8) is 0 Å². The minimum atomic E-state index is -5.17. The van der Waals surface area contributed by atoms with Crippen LogP contribution in [0.2, 0.25) is 0 Å². The first-order valence-corrected chi connectivity index (χ1v) is 7.89. The third kappa shape index (κ3) is 412. The van der Waals surface area contributed by atoms with Gasteiger partial charge in [0.1, 0.15) is 0 Å². The fourth-order valence-corrected chi connectivity index (χ4v) is 0. The van der Waals surface area contributed by atoms with Crippen molar-refractivity contribution in [2.45, 2.75) is 0 Å². The van der Waals surface area contributed by atoms with Crippen LogP contribution in [0.5, 0.6) is 0 Å². The lowest BCUT2D eigenvalue weighted by atomic mass is 15.8. The maximum atomic E-state index is 8.52. The molecule has 0 radical (unpaired) electrons. The minimum Gasteiger partial charge on any atom is -0.870 e. The Kier molecular flexibility index (Phi) is 14.5. The van der Waals surface area contributed by atoms with Crippen LogP contribution in [0.15, 0.2) is 0 Å². The van der Waals surface area contributed by atoms with E-state index in [-0.39, 0.29) is 5.48 Å². The van der Waals surface area contributed by atoms with Gasteiger partial charge in [-0.15, -0.1) is 0 Å². The predicted molar refractivity (Wildman–Crippen MR) is 35.7 cm³/mol. The summed E-state index contributed by atoms with van der Waals surface area (Å²) in [6.07, 6.45) is 0. The van der Waals surface area contributed by atoms with E-state index in [2.05, 4.69) is 0 Å². The molecule has 1 N–H and O–H groups in total. The molecule has 0 aliphatic rings. The molecule has 5 nitrogen and oxygen atoms in total. The lowest BCUT2D eigenvalue weighted by Gasteiger charge is -2.06. The minimum absolute atomic E-state index is 0. The molecule has 0 saturated carbocycles. The number of hydrogen-bond acceptors (Lipinski definition) is 5. The highest BCUT2D eigenvalue weighted by molar-refractivity contribution is 7.79. The fraction of sp³-hybridized carbons (Fsp3) is 0. The van der Waals surface area contributed by atoms with E-state index in [4.69, 9.17) is 47.7 Å². The molecule has 0 aliphatic carbocycles. The predicted octanol–water partition coefficient (Wildman–Crippen LogP) is 0.173. The topological polar surface area (TPSA) is 110 Å². The summed E-state index contributed by atoms with van der Waals surface area (Å²) in [5, 5.41) is 0. The van der Waals surface area contributed by atoms with E-state index in [1.54, 1.807) is 0 Å². The van der Waals surface area contributed by atoms with Crippen molar-refractivity contribution in [1.29, 1.82) is 0 Å². The van der Waals surface area contributed by atoms with Crippen LogP contribution in [-0.4, -0.2) is 34.4 Å². The monoisotopic (exact) mass is 245 g/mol. The Balaban J connectivity index is -0.0000000910. The molecule has 0 aromatic carbocycles. The Morgan fingerprint density at radius 3 is 1.10 bits per heavy atom. The van der Waals surface area contributed by atoms with E-state index in [1.807, 2.05) is 0 Å². The van der Waals surface area contributed by atoms with Gasteiger partial charge >= 0.3 is 11.4 Å². The number of halogens is 3. The molecule has 0 amide bonds. The van der Waals surface area contributed by atoms with E-state index in [0.717, 1.165) is 0 Å². The molecular weight excluding hydrogens is 245 g/mol. The van der Waals surface area contributed by atoms with Gasteiger partial charge < -0.3 is 14.6 Å². The van der Waals surface area contributed by atoms with E-state index in [1.165, 1.54) is 0 Å². The second-order valence-electron chi connectivity index (χ2n) is 0.656. The van der Waals surface area contributed by atoms with Crippen molar-refractivity contribution in [3.05, 3.63) is 0 Å². The van der Waals surface area contributed by atoms with Crippen molar-refractivity contribution in [3.8, 4) is 0 Å². The lowest BCUT2D eigenvalue weighted by molar-refractivity contribution is 0.352. The van der Waals surface area contributed by atoms with Gasteiger partial charge in [0.05, 0.1) is 0 Å². The summed E-state index contributed by atoms with van der Waals surface area (Å²) in [5.74, 6) is 0. The van der Waals surface area contributed by atoms with Crippen LogP contribution in [0, 0.1) is 0 Å². The summed E-state index contributed by atoms with van der Waals surface area (Å²) in [4.78, 5) is 0. The maximum absolute atomic E-state index is 8.52. The molecule has 0 fully saturated rings. The molecule has 64 valence electrons. The molecule has 0 saturated heterocycles. The zero-order valence-electron chi connectivity index (χ0n) is 4.20. The molecule has 0 unspecified atom stereocenters. The Labute approximate surface area is 74.8 Å². The van der Waals surface area contributed by atoms with Crippen molar-refractivity contribution in [2.75, 3.05) is 0 Å². The van der Waals surface area contributed by atoms with Gasteiger partial charge in [-0.1, -0.05) is 0 Å². The molecule has 0 atom stereocenters. The van der Waals surface area contributed by atoms with Crippen LogP contribution in [0.4, 0.5) is 0 Å². The molecule has 0 rings (SSSR count). The third-order valence-corrected chi connectivity index (χ3v) is 0. The normalized spacial score (nSPS) is 8.50. The molecule has 0 heterocycles. The summed E-state index contributed by atoms with van der Waals surface area (Å²) >= 11 is -1.72. The van der Waals surface area contributed by atoms with Crippen LogP contribution < -0.4 is 0 Å². The van der Waals surface area contributed by atoms with E-state index < -0.39 is 21.8 Å². The smallest absolute Gasteiger partial charge is 0.643 e. The van der Waals surface area contributed by atoms with Gasteiger partial charge in [0, 0.05) is 10.4 Å². The number of rotatable bonds is 0. The highest BCUT2D eigenvalue weighted by Gasteiger charge is 2.00. The molecule has 0 bridgehead atoms. The average molecular weight is 246 g/mol. The van der Waals surface area contributed by atoms with Crippen LogP contribution in [-0.2, 0) is 10.4 Å². The Morgan fingerprint density at radius 1 is 1.10 bits per heavy atom. The highest BCUT2D eigenvalue weighted by atomic mass is 35.8.